The van der Waals surface area contributed by atoms with E-state index in [9.17, 15) is 0 Å². The van der Waals surface area contributed by atoms with Crippen molar-refractivity contribution in [2.45, 2.75) is 0 Å². The number of benzene rings is 2. The quantitative estimate of drug-likeness (QED) is 0.638. The Morgan fingerprint density at radius 1 is 0.500 bits per heavy atom. The number of hydrogen-bond acceptors (Lipinski definition) is 0. The van der Waals surface area contributed by atoms with E-state index >= 15 is 0 Å². The third kappa shape index (κ3) is 9.54. The maximum atomic E-state index is 2.89. The van der Waals surface area contributed by atoms with Gasteiger partial charge < -0.3 is 17.0 Å². The molecule has 0 nitrogen and oxygen atoms in total. The molecule has 0 aliphatic heterocycles. The molecule has 0 atom stereocenters. The summed E-state index contributed by atoms with van der Waals surface area (Å²) in [5.74, 6) is 0. The molecule has 0 aliphatic carbocycles. The van der Waals surface area contributed by atoms with E-state index in [2.05, 4.69) is 12.1 Å². The summed E-state index contributed by atoms with van der Waals surface area (Å²) < 4.78 is 0. The second-order valence-corrected chi connectivity index (χ2v) is 2.15. The van der Waals surface area contributed by atoms with Gasteiger partial charge in [-0.2, -0.15) is 0 Å². The largest absolute Gasteiger partial charge is 1.00 e. The van der Waals surface area contributed by atoms with Crippen LogP contribution in [0.15, 0.2) is 60.7 Å². The molecule has 0 amide bonds. The summed E-state index contributed by atoms with van der Waals surface area (Å²) in [4.78, 5) is 0. The summed E-state index contributed by atoms with van der Waals surface area (Å²) in [5.41, 5.74) is 0. The van der Waals surface area contributed by atoms with Crippen LogP contribution in [0.25, 0.3) is 0 Å². The van der Waals surface area contributed by atoms with Gasteiger partial charge in [-0.1, -0.05) is 60.7 Å². The third-order valence-corrected chi connectivity index (χ3v) is 1.21. The van der Waals surface area contributed by atoms with E-state index in [1.54, 1.807) is 0 Å². The van der Waals surface area contributed by atoms with Crippen LogP contribution in [0.4, 0.5) is 0 Å². The van der Waals surface area contributed by atoms with Gasteiger partial charge in [0.05, 0.1) is 0 Å². The van der Waals surface area contributed by atoms with Crippen LogP contribution < -0.4 is 17.0 Å². The molecule has 0 saturated heterocycles. The van der Waals surface area contributed by atoms with Crippen LogP contribution in [0.2, 0.25) is 0 Å². The first-order valence-corrected chi connectivity index (χ1v) is 3.82. The Morgan fingerprint density at radius 2 is 0.786 bits per heavy atom. The third-order valence-electron chi connectivity index (χ3n) is 1.21. The molecule has 2 aromatic rings. The molecule has 0 spiro atoms. The van der Waals surface area contributed by atoms with E-state index in [-0.39, 0.29) is 34.3 Å². The van der Waals surface area contributed by atoms with E-state index in [4.69, 9.17) is 0 Å². The Balaban J connectivity index is 0. The molecule has 0 heterocycles. The fourth-order valence-electron chi connectivity index (χ4n) is 0.684. The van der Waals surface area contributed by atoms with Gasteiger partial charge in [-0.3, -0.25) is 0 Å². The Labute approximate surface area is 107 Å². The zero-order valence-electron chi connectivity index (χ0n) is 7.56. The van der Waals surface area contributed by atoms with Crippen molar-refractivity contribution in [3.05, 3.63) is 72.8 Å². The molecule has 2 rings (SSSR count). The van der Waals surface area contributed by atoms with Crippen LogP contribution in [-0.4, -0.2) is 0 Å². The smallest absolute Gasteiger partial charge is 0 e. The Hall–Kier alpha value is -0.548. The molecule has 72 valence electrons. The van der Waals surface area contributed by atoms with E-state index < -0.39 is 0 Å². The maximum Gasteiger partial charge on any atom is 0 e. The van der Waals surface area contributed by atoms with Gasteiger partial charge in [0.1, 0.15) is 0 Å². The first-order chi connectivity index (χ1) is 6.00. The van der Waals surface area contributed by atoms with E-state index in [0.717, 1.165) is 0 Å². The molecule has 0 fully saturated rings. The summed E-state index contributed by atoms with van der Waals surface area (Å²) in [7, 11) is 0. The molecule has 2 heteroatoms. The minimum atomic E-state index is 0. The van der Waals surface area contributed by atoms with Crippen molar-refractivity contribution in [3.8, 4) is 0 Å². The Morgan fingerprint density at radius 3 is 0.857 bits per heavy atom. The molecule has 0 N–H and O–H groups in total. The molecule has 2 aromatic carbocycles. The van der Waals surface area contributed by atoms with Crippen molar-refractivity contribution in [1.29, 1.82) is 0 Å². The molecule has 0 saturated carbocycles. The predicted molar refractivity (Wildman–Crippen MR) is 50.6 cm³/mol. The second-order valence-electron chi connectivity index (χ2n) is 2.15. The minimum Gasteiger partial charge on any atom is -1.00 e. The van der Waals surface area contributed by atoms with Crippen molar-refractivity contribution in [2.24, 2.45) is 0 Å². The monoisotopic (exact) mass is 285 g/mol. The maximum absolute atomic E-state index is 2.89. The second kappa shape index (κ2) is 12.5. The predicted octanol–water partition coefficient (Wildman–Crippen LogP) is -0.0249. The Kier molecular flexibility index (Phi) is 14.1. The first kappa shape index (κ1) is 15.9. The van der Waals surface area contributed by atoms with Gasteiger partial charge in [0.15, 0.2) is 0 Å². The average molecular weight is 286 g/mol. The van der Waals surface area contributed by atoms with E-state index in [0.29, 0.717) is 0 Å². The molecular formula is C12H10BrCr-. The first-order valence-electron chi connectivity index (χ1n) is 3.82. The molecule has 0 aromatic heterocycles. The molecule has 0 unspecified atom stereocenters. The molecule has 0 bridgehead atoms. The zero-order valence-corrected chi connectivity index (χ0v) is 10.4. The Bertz CT molecular complexity index is 186. The summed E-state index contributed by atoms with van der Waals surface area (Å²) in [6.45, 7) is 0. The standard InChI is InChI=1S/2C6H5.BrH.Cr/c2*1-2-4-6-5-3-1;;/h2*1-5H;1H;/p-1. The van der Waals surface area contributed by atoms with Crippen molar-refractivity contribution in [1.82, 2.24) is 0 Å². The van der Waals surface area contributed by atoms with E-state index in [1.165, 1.54) is 0 Å². The van der Waals surface area contributed by atoms with Gasteiger partial charge in [-0.25, -0.2) is 0 Å². The fraction of sp³-hybridized carbons (Fsp3) is 0. The van der Waals surface area contributed by atoms with Crippen LogP contribution in [0.5, 0.6) is 0 Å². The fourth-order valence-corrected chi connectivity index (χ4v) is 0.684. The van der Waals surface area contributed by atoms with Crippen LogP contribution in [0, 0.1) is 12.1 Å². The number of halogens is 1. The van der Waals surface area contributed by atoms with Crippen LogP contribution in [-0.2, 0) is 17.4 Å². The zero-order chi connectivity index (χ0) is 8.49. The van der Waals surface area contributed by atoms with E-state index in [1.807, 2.05) is 60.7 Å². The number of rotatable bonds is 0. The van der Waals surface area contributed by atoms with Gasteiger partial charge in [0.2, 0.25) is 0 Å². The SMILES string of the molecule is [Br-].[Cr].[c]1ccccc1.[c]1ccccc1. The average Bonchev–Trinajstić information content (AvgIpc) is 2.24. The summed E-state index contributed by atoms with van der Waals surface area (Å²) >= 11 is 0. The van der Waals surface area contributed by atoms with Crippen molar-refractivity contribution >= 4 is 0 Å². The van der Waals surface area contributed by atoms with Crippen molar-refractivity contribution < 1.29 is 34.3 Å². The van der Waals surface area contributed by atoms with Gasteiger partial charge in [-0.15, -0.1) is 0 Å². The van der Waals surface area contributed by atoms with Gasteiger partial charge >= 0.3 is 0 Å². The molecule has 14 heavy (non-hydrogen) atoms. The molecular weight excluding hydrogens is 276 g/mol. The van der Waals surface area contributed by atoms with Gasteiger partial charge in [0, 0.05) is 17.4 Å². The van der Waals surface area contributed by atoms with Crippen LogP contribution >= 0.6 is 0 Å². The minimum absolute atomic E-state index is 0. The number of hydrogen-bond donors (Lipinski definition) is 0. The molecule has 2 radical (unpaired) electrons. The van der Waals surface area contributed by atoms with Crippen LogP contribution in [0.3, 0.4) is 0 Å². The van der Waals surface area contributed by atoms with Gasteiger partial charge in [-0.05, 0) is 12.1 Å². The summed E-state index contributed by atoms with van der Waals surface area (Å²) in [6, 6.07) is 25.0. The summed E-state index contributed by atoms with van der Waals surface area (Å²) in [5, 5.41) is 0. The van der Waals surface area contributed by atoms with Crippen molar-refractivity contribution in [3.63, 3.8) is 0 Å². The van der Waals surface area contributed by atoms with Gasteiger partial charge in [0.25, 0.3) is 0 Å². The van der Waals surface area contributed by atoms with Crippen molar-refractivity contribution in [2.75, 3.05) is 0 Å². The van der Waals surface area contributed by atoms with Crippen LogP contribution in [0.1, 0.15) is 0 Å². The topological polar surface area (TPSA) is 0 Å². The summed E-state index contributed by atoms with van der Waals surface area (Å²) in [6.07, 6.45) is 0. The molecule has 0 aliphatic rings. The normalized spacial score (nSPS) is 6.86.